The first-order valence-corrected chi connectivity index (χ1v) is 5.46. The minimum Gasteiger partial charge on any atom is -0.431 e. The lowest BCUT2D eigenvalue weighted by molar-refractivity contribution is -0.0498. The summed E-state index contributed by atoms with van der Waals surface area (Å²) in [6, 6.07) is 5.60. The van der Waals surface area contributed by atoms with Gasteiger partial charge in [-0.05, 0) is 40.9 Å². The van der Waals surface area contributed by atoms with E-state index in [1.54, 1.807) is 18.2 Å². The first kappa shape index (κ1) is 10.7. The van der Waals surface area contributed by atoms with Crippen molar-refractivity contribution in [2.45, 2.75) is 25.5 Å². The van der Waals surface area contributed by atoms with Gasteiger partial charge in [0.2, 0.25) is 0 Å². The van der Waals surface area contributed by atoms with E-state index in [2.05, 4.69) is 26.0 Å². The van der Waals surface area contributed by atoms with Gasteiger partial charge in [0.15, 0.2) is 5.75 Å². The molecule has 0 aliphatic heterocycles. The van der Waals surface area contributed by atoms with Gasteiger partial charge in [0, 0.05) is 6.04 Å². The van der Waals surface area contributed by atoms with Crippen molar-refractivity contribution in [2.24, 2.45) is 0 Å². The second-order valence-corrected chi connectivity index (χ2v) is 4.27. The summed E-state index contributed by atoms with van der Waals surface area (Å²) in [7, 11) is 0. The first-order valence-electron chi connectivity index (χ1n) is 4.66. The van der Waals surface area contributed by atoms with E-state index in [9.17, 15) is 8.78 Å². The lowest BCUT2D eigenvalue weighted by atomic mass is 10.3. The zero-order chi connectivity index (χ0) is 10.8. The number of alkyl halides is 2. The molecule has 2 nitrogen and oxygen atoms in total. The van der Waals surface area contributed by atoms with Crippen LogP contribution in [0.25, 0.3) is 0 Å². The van der Waals surface area contributed by atoms with E-state index in [1.807, 2.05) is 0 Å². The standard InChI is InChI=1S/C10H10BrF2NO/c11-7-2-1-3-8(14-6-4-5-6)9(7)15-10(12)13/h1-3,6,10,14H,4-5H2. The van der Waals surface area contributed by atoms with Gasteiger partial charge < -0.3 is 10.1 Å². The van der Waals surface area contributed by atoms with Crippen LogP contribution in [0.3, 0.4) is 0 Å². The summed E-state index contributed by atoms with van der Waals surface area (Å²) in [5, 5.41) is 3.14. The number of rotatable bonds is 4. The Morgan fingerprint density at radius 3 is 2.73 bits per heavy atom. The van der Waals surface area contributed by atoms with Crippen molar-refractivity contribution in [1.29, 1.82) is 0 Å². The molecule has 0 radical (unpaired) electrons. The molecule has 0 aromatic heterocycles. The fourth-order valence-corrected chi connectivity index (χ4v) is 1.74. The molecule has 1 aromatic carbocycles. The van der Waals surface area contributed by atoms with Crippen LogP contribution in [0.15, 0.2) is 22.7 Å². The summed E-state index contributed by atoms with van der Waals surface area (Å²) in [4.78, 5) is 0. The SMILES string of the molecule is FC(F)Oc1c(Br)cccc1NC1CC1. The lowest BCUT2D eigenvalue weighted by Gasteiger charge is -2.13. The molecule has 0 saturated heterocycles. The Kier molecular flexibility index (Phi) is 3.09. The Morgan fingerprint density at radius 2 is 2.13 bits per heavy atom. The van der Waals surface area contributed by atoms with Crippen LogP contribution in [-0.4, -0.2) is 12.7 Å². The maximum absolute atomic E-state index is 12.2. The Labute approximate surface area is 94.7 Å². The van der Waals surface area contributed by atoms with Crippen molar-refractivity contribution < 1.29 is 13.5 Å². The molecular weight excluding hydrogens is 268 g/mol. The highest BCUT2D eigenvalue weighted by atomic mass is 79.9. The van der Waals surface area contributed by atoms with Gasteiger partial charge in [-0.1, -0.05) is 6.07 Å². The van der Waals surface area contributed by atoms with Crippen molar-refractivity contribution in [3.63, 3.8) is 0 Å². The molecule has 0 atom stereocenters. The summed E-state index contributed by atoms with van der Waals surface area (Å²) < 4.78 is 29.3. The summed E-state index contributed by atoms with van der Waals surface area (Å²) in [6.07, 6.45) is 2.17. The van der Waals surface area contributed by atoms with E-state index in [0.717, 1.165) is 12.8 Å². The number of ether oxygens (including phenoxy) is 1. The molecule has 1 N–H and O–H groups in total. The number of hydrogen-bond donors (Lipinski definition) is 1. The highest BCUT2D eigenvalue weighted by Crippen LogP contribution is 2.37. The predicted octanol–water partition coefficient (Wildman–Crippen LogP) is 3.62. The third kappa shape index (κ3) is 2.81. The monoisotopic (exact) mass is 277 g/mol. The largest absolute Gasteiger partial charge is 0.431 e. The van der Waals surface area contributed by atoms with E-state index in [1.165, 1.54) is 0 Å². The third-order valence-corrected chi connectivity index (χ3v) is 2.74. The lowest BCUT2D eigenvalue weighted by Crippen LogP contribution is -2.08. The molecule has 1 aliphatic carbocycles. The summed E-state index contributed by atoms with van der Waals surface area (Å²) in [6.45, 7) is -2.80. The number of para-hydroxylation sites is 1. The van der Waals surface area contributed by atoms with E-state index >= 15 is 0 Å². The minimum absolute atomic E-state index is 0.180. The number of hydrogen-bond acceptors (Lipinski definition) is 2. The average molecular weight is 278 g/mol. The van der Waals surface area contributed by atoms with Crippen molar-refractivity contribution in [3.8, 4) is 5.75 Å². The predicted molar refractivity (Wildman–Crippen MR) is 57.4 cm³/mol. The van der Waals surface area contributed by atoms with Crippen molar-refractivity contribution in [2.75, 3.05) is 5.32 Å². The maximum Gasteiger partial charge on any atom is 0.387 e. The Balaban J connectivity index is 2.21. The molecule has 0 spiro atoms. The summed E-state index contributed by atoms with van der Waals surface area (Å²) in [5.74, 6) is 0.180. The normalized spacial score (nSPS) is 15.5. The van der Waals surface area contributed by atoms with Gasteiger partial charge >= 0.3 is 6.61 Å². The number of anilines is 1. The minimum atomic E-state index is -2.80. The Hall–Kier alpha value is -0.840. The van der Waals surface area contributed by atoms with Gasteiger partial charge in [-0.15, -0.1) is 0 Å². The van der Waals surface area contributed by atoms with Gasteiger partial charge in [0.05, 0.1) is 10.2 Å². The van der Waals surface area contributed by atoms with Crippen LogP contribution in [0.4, 0.5) is 14.5 Å². The Morgan fingerprint density at radius 1 is 1.40 bits per heavy atom. The van der Waals surface area contributed by atoms with Gasteiger partial charge in [-0.3, -0.25) is 0 Å². The number of halogens is 3. The van der Waals surface area contributed by atoms with Crippen LogP contribution < -0.4 is 10.1 Å². The molecular formula is C10H10BrF2NO. The third-order valence-electron chi connectivity index (χ3n) is 2.11. The summed E-state index contributed by atoms with van der Waals surface area (Å²) in [5.41, 5.74) is 0.618. The summed E-state index contributed by atoms with van der Waals surface area (Å²) >= 11 is 3.19. The fourth-order valence-electron chi connectivity index (χ4n) is 1.28. The van der Waals surface area contributed by atoms with Gasteiger partial charge in [-0.25, -0.2) is 0 Å². The molecule has 1 aliphatic rings. The highest BCUT2D eigenvalue weighted by molar-refractivity contribution is 9.10. The molecule has 1 fully saturated rings. The molecule has 0 amide bonds. The van der Waals surface area contributed by atoms with Crippen LogP contribution in [0.1, 0.15) is 12.8 Å². The van der Waals surface area contributed by atoms with Crippen LogP contribution in [0, 0.1) is 0 Å². The second kappa shape index (κ2) is 4.35. The van der Waals surface area contributed by atoms with Crippen LogP contribution >= 0.6 is 15.9 Å². The zero-order valence-electron chi connectivity index (χ0n) is 7.84. The van der Waals surface area contributed by atoms with Gasteiger partial charge in [0.25, 0.3) is 0 Å². The van der Waals surface area contributed by atoms with Crippen molar-refractivity contribution in [3.05, 3.63) is 22.7 Å². The van der Waals surface area contributed by atoms with Crippen LogP contribution in [-0.2, 0) is 0 Å². The average Bonchev–Trinajstić information content (AvgIpc) is 2.94. The molecule has 0 unspecified atom stereocenters. The van der Waals surface area contributed by atoms with E-state index in [0.29, 0.717) is 16.2 Å². The van der Waals surface area contributed by atoms with Crippen molar-refractivity contribution >= 4 is 21.6 Å². The number of nitrogens with one attached hydrogen (secondary N) is 1. The number of benzene rings is 1. The quantitative estimate of drug-likeness (QED) is 0.908. The van der Waals surface area contributed by atoms with Gasteiger partial charge in [0.1, 0.15) is 0 Å². The van der Waals surface area contributed by atoms with Crippen LogP contribution in [0.5, 0.6) is 5.75 Å². The van der Waals surface area contributed by atoms with Gasteiger partial charge in [-0.2, -0.15) is 8.78 Å². The van der Waals surface area contributed by atoms with E-state index in [-0.39, 0.29) is 5.75 Å². The second-order valence-electron chi connectivity index (χ2n) is 3.41. The molecule has 0 heterocycles. The molecule has 0 bridgehead atoms. The smallest absolute Gasteiger partial charge is 0.387 e. The highest BCUT2D eigenvalue weighted by Gasteiger charge is 2.23. The Bertz CT molecular complexity index is 355. The molecule has 5 heteroatoms. The molecule has 82 valence electrons. The molecule has 2 rings (SSSR count). The molecule has 15 heavy (non-hydrogen) atoms. The fraction of sp³-hybridized carbons (Fsp3) is 0.400. The molecule has 1 aromatic rings. The van der Waals surface area contributed by atoms with Crippen LogP contribution in [0.2, 0.25) is 0 Å². The zero-order valence-corrected chi connectivity index (χ0v) is 9.43. The maximum atomic E-state index is 12.2. The first-order chi connectivity index (χ1) is 7.16. The van der Waals surface area contributed by atoms with Crippen molar-refractivity contribution in [1.82, 2.24) is 0 Å². The topological polar surface area (TPSA) is 21.3 Å². The van der Waals surface area contributed by atoms with E-state index < -0.39 is 6.61 Å². The molecule has 1 saturated carbocycles. The van der Waals surface area contributed by atoms with E-state index in [4.69, 9.17) is 0 Å².